The molecule has 2 amide bonds. The lowest BCUT2D eigenvalue weighted by Crippen LogP contribution is -2.45. The largest absolute Gasteiger partial charge is 0.447 e. The van der Waals surface area contributed by atoms with Crippen molar-refractivity contribution in [2.75, 3.05) is 36.0 Å². The number of nitrogens with one attached hydrogen (secondary N) is 2. The van der Waals surface area contributed by atoms with Gasteiger partial charge in [-0.2, -0.15) is 0 Å². The Morgan fingerprint density at radius 1 is 1.18 bits per heavy atom. The van der Waals surface area contributed by atoms with E-state index in [9.17, 15) is 9.59 Å². The van der Waals surface area contributed by atoms with E-state index in [0.29, 0.717) is 6.42 Å². The molecule has 4 rings (SSSR count). The van der Waals surface area contributed by atoms with Crippen molar-refractivity contribution in [3.63, 3.8) is 0 Å². The average Bonchev–Trinajstić information content (AvgIpc) is 2.79. The van der Waals surface area contributed by atoms with Crippen LogP contribution in [-0.2, 0) is 9.53 Å². The number of hydrogen-bond acceptors (Lipinski definition) is 7. The van der Waals surface area contributed by atoms with Gasteiger partial charge in [-0.3, -0.25) is 9.78 Å². The summed E-state index contributed by atoms with van der Waals surface area (Å²) in [6.45, 7) is 10.9. The molecule has 1 saturated heterocycles. The van der Waals surface area contributed by atoms with E-state index in [1.54, 1.807) is 24.2 Å². The number of piperazine rings is 1. The molecule has 2 aliphatic heterocycles. The molecule has 0 saturated carbocycles. The van der Waals surface area contributed by atoms with Crippen LogP contribution in [0.1, 0.15) is 45.7 Å². The molecule has 2 N–H and O–H groups in total. The minimum atomic E-state index is -0.463. The highest BCUT2D eigenvalue weighted by atomic mass is 16.6. The molecule has 0 spiro atoms. The number of alkyl carbamates (subject to hydrolysis) is 1. The van der Waals surface area contributed by atoms with Gasteiger partial charge in [0.1, 0.15) is 5.82 Å². The number of anilines is 2. The van der Waals surface area contributed by atoms with E-state index in [4.69, 9.17) is 4.74 Å². The van der Waals surface area contributed by atoms with Gasteiger partial charge in [0.05, 0.1) is 30.2 Å². The van der Waals surface area contributed by atoms with Crippen molar-refractivity contribution in [1.82, 2.24) is 20.6 Å². The normalized spacial score (nSPS) is 20.4. The van der Waals surface area contributed by atoms with Gasteiger partial charge >= 0.3 is 6.09 Å². The molecular formula is C24H32N6O3. The second-order valence-corrected chi connectivity index (χ2v) is 8.90. The van der Waals surface area contributed by atoms with Gasteiger partial charge in [-0.05, 0) is 44.9 Å². The summed E-state index contributed by atoms with van der Waals surface area (Å²) in [7, 11) is 0. The van der Waals surface area contributed by atoms with Crippen LogP contribution in [0.15, 0.2) is 30.6 Å². The second-order valence-electron chi connectivity index (χ2n) is 8.90. The summed E-state index contributed by atoms with van der Waals surface area (Å²) in [6.07, 6.45) is 3.50. The lowest BCUT2D eigenvalue weighted by molar-refractivity contribution is -0.117. The van der Waals surface area contributed by atoms with Crippen molar-refractivity contribution in [3.8, 4) is 11.3 Å². The Kier molecular flexibility index (Phi) is 6.78. The highest BCUT2D eigenvalue weighted by Gasteiger charge is 2.34. The van der Waals surface area contributed by atoms with Crippen molar-refractivity contribution < 1.29 is 14.3 Å². The minimum absolute atomic E-state index is 0.0279. The molecule has 2 aromatic rings. The predicted octanol–water partition coefficient (Wildman–Crippen LogP) is 2.87. The summed E-state index contributed by atoms with van der Waals surface area (Å²) in [4.78, 5) is 38.0. The van der Waals surface area contributed by atoms with Crippen LogP contribution >= 0.6 is 0 Å². The molecule has 0 bridgehead atoms. The topological polar surface area (TPSA) is 99.7 Å². The Morgan fingerprint density at radius 2 is 1.94 bits per heavy atom. The van der Waals surface area contributed by atoms with Gasteiger partial charge in [0.25, 0.3) is 0 Å². The van der Waals surface area contributed by atoms with Crippen LogP contribution in [0.5, 0.6) is 0 Å². The number of fused-ring (bicyclic) bond motifs is 1. The third-order valence-electron chi connectivity index (χ3n) is 6.03. The monoisotopic (exact) mass is 452 g/mol. The molecular weight excluding hydrogens is 420 g/mol. The zero-order chi connectivity index (χ0) is 23.5. The van der Waals surface area contributed by atoms with E-state index in [1.807, 2.05) is 39.0 Å². The summed E-state index contributed by atoms with van der Waals surface area (Å²) >= 11 is 0. The van der Waals surface area contributed by atoms with Crippen LogP contribution in [0.4, 0.5) is 16.3 Å². The summed E-state index contributed by atoms with van der Waals surface area (Å²) in [5, 5.41) is 6.32. The van der Waals surface area contributed by atoms with E-state index in [2.05, 4.69) is 25.5 Å². The lowest BCUT2D eigenvalue weighted by Gasteiger charge is -2.39. The first-order valence-corrected chi connectivity index (χ1v) is 11.5. The number of benzene rings is 1. The third-order valence-corrected chi connectivity index (χ3v) is 6.03. The number of amides is 2. The molecule has 33 heavy (non-hydrogen) atoms. The Hall–Kier alpha value is -3.20. The molecule has 2 aliphatic rings. The third kappa shape index (κ3) is 5.08. The van der Waals surface area contributed by atoms with Gasteiger partial charge in [0.15, 0.2) is 0 Å². The Labute approximate surface area is 194 Å². The maximum absolute atomic E-state index is 12.4. The minimum Gasteiger partial charge on any atom is -0.447 e. The van der Waals surface area contributed by atoms with E-state index in [0.717, 1.165) is 54.5 Å². The van der Waals surface area contributed by atoms with Gasteiger partial charge in [0, 0.05) is 50.4 Å². The maximum atomic E-state index is 12.4. The van der Waals surface area contributed by atoms with Crippen LogP contribution in [0, 0.1) is 0 Å². The fourth-order valence-corrected chi connectivity index (χ4v) is 4.56. The molecule has 9 nitrogen and oxygen atoms in total. The second kappa shape index (κ2) is 9.74. The number of aromatic nitrogens is 2. The molecule has 1 fully saturated rings. The smallest absolute Gasteiger partial charge is 0.407 e. The van der Waals surface area contributed by atoms with Gasteiger partial charge in [0.2, 0.25) is 5.91 Å². The Morgan fingerprint density at radius 3 is 2.58 bits per heavy atom. The molecule has 0 aliphatic carbocycles. The van der Waals surface area contributed by atoms with E-state index >= 15 is 0 Å². The molecule has 176 valence electrons. The summed E-state index contributed by atoms with van der Waals surface area (Å²) in [5.41, 5.74) is 3.29. The van der Waals surface area contributed by atoms with Crippen molar-refractivity contribution in [2.24, 2.45) is 0 Å². The number of ether oxygens (including phenoxy) is 1. The van der Waals surface area contributed by atoms with E-state index < -0.39 is 6.09 Å². The molecule has 9 heteroatoms. The zero-order valence-corrected chi connectivity index (χ0v) is 19.7. The highest BCUT2D eigenvalue weighted by Crippen LogP contribution is 2.39. The van der Waals surface area contributed by atoms with Crippen LogP contribution in [0.3, 0.4) is 0 Å². The fraction of sp³-hybridized carbons (Fsp3) is 0.500. The predicted molar refractivity (Wildman–Crippen MR) is 127 cm³/mol. The fourth-order valence-electron chi connectivity index (χ4n) is 4.56. The quantitative estimate of drug-likeness (QED) is 0.736. The van der Waals surface area contributed by atoms with Gasteiger partial charge in [-0.15, -0.1) is 0 Å². The van der Waals surface area contributed by atoms with Crippen LogP contribution in [0.2, 0.25) is 0 Å². The van der Waals surface area contributed by atoms with E-state index in [1.165, 1.54) is 0 Å². The summed E-state index contributed by atoms with van der Waals surface area (Å²) < 4.78 is 5.30. The van der Waals surface area contributed by atoms with Gasteiger partial charge < -0.3 is 25.2 Å². The number of carbonyl (C=O) groups is 2. The SMILES string of the molecule is CC(=O)N1c2ccc(-c3cnc(N4CCNCC4)cn3)cc2[C@@H](NC(=O)OC(C)C)C[C@H]1C. The van der Waals surface area contributed by atoms with Crippen LogP contribution < -0.4 is 20.4 Å². The molecule has 3 heterocycles. The van der Waals surface area contributed by atoms with Gasteiger partial charge in [-0.1, -0.05) is 6.07 Å². The van der Waals surface area contributed by atoms with Crippen molar-refractivity contribution in [1.29, 1.82) is 0 Å². The molecule has 1 aromatic carbocycles. The van der Waals surface area contributed by atoms with Crippen molar-refractivity contribution >= 4 is 23.5 Å². The average molecular weight is 453 g/mol. The number of nitrogens with zero attached hydrogens (tertiary/aromatic N) is 4. The van der Waals surface area contributed by atoms with Crippen molar-refractivity contribution in [2.45, 2.75) is 52.3 Å². The molecule has 1 aromatic heterocycles. The summed E-state index contributed by atoms with van der Waals surface area (Å²) in [6, 6.07) is 5.54. The van der Waals surface area contributed by atoms with Gasteiger partial charge in [-0.25, -0.2) is 9.78 Å². The zero-order valence-electron chi connectivity index (χ0n) is 19.7. The van der Waals surface area contributed by atoms with Crippen LogP contribution in [-0.4, -0.2) is 60.3 Å². The van der Waals surface area contributed by atoms with E-state index in [-0.39, 0.29) is 24.1 Å². The summed E-state index contributed by atoms with van der Waals surface area (Å²) in [5.74, 6) is 0.839. The van der Waals surface area contributed by atoms with Crippen molar-refractivity contribution in [3.05, 3.63) is 36.2 Å². The highest BCUT2D eigenvalue weighted by molar-refractivity contribution is 5.94. The molecule has 0 radical (unpaired) electrons. The maximum Gasteiger partial charge on any atom is 0.407 e. The Bertz CT molecular complexity index is 1000. The number of rotatable bonds is 4. The Balaban J connectivity index is 1.64. The first-order valence-electron chi connectivity index (χ1n) is 11.5. The van der Waals surface area contributed by atoms with Crippen LogP contribution in [0.25, 0.3) is 11.3 Å². The first kappa shape index (κ1) is 23.0. The standard InChI is InChI=1S/C24H32N6O3/c1-15(2)33-24(32)28-20-11-16(3)30(17(4)31)22-6-5-18(12-19(20)22)21-13-27-23(14-26-21)29-9-7-25-8-10-29/h5-6,12-16,20,25H,7-11H2,1-4H3,(H,28,32)/t16-,20+/m1/s1. The number of carbonyl (C=O) groups excluding carboxylic acids is 2. The number of hydrogen-bond donors (Lipinski definition) is 2. The first-order chi connectivity index (χ1) is 15.8. The molecule has 0 unspecified atom stereocenters. The lowest BCUT2D eigenvalue weighted by atomic mass is 9.90. The molecule has 2 atom stereocenters.